The maximum Gasteiger partial charge on any atom is 0.0710 e. The Hall–Kier alpha value is -1.02. The molecule has 0 radical (unpaired) electrons. The molecule has 0 amide bonds. The average Bonchev–Trinajstić information content (AvgIpc) is 2.06. The largest absolute Gasteiger partial charge is 0.391 e. The van der Waals surface area contributed by atoms with E-state index in [9.17, 15) is 5.11 Å². The van der Waals surface area contributed by atoms with Crippen LogP contribution in [0.3, 0.4) is 0 Å². The Morgan fingerprint density at radius 1 is 1.17 bits per heavy atom. The Morgan fingerprint density at radius 2 is 1.75 bits per heavy atom. The predicted octanol–water partition coefficient (Wildman–Crippen LogP) is 1.87. The summed E-state index contributed by atoms with van der Waals surface area (Å²) < 4.78 is 0. The van der Waals surface area contributed by atoms with Crippen molar-refractivity contribution in [2.75, 3.05) is 5.32 Å². The highest BCUT2D eigenvalue weighted by molar-refractivity contribution is 5.43. The maximum atomic E-state index is 9.22. The first-order valence-electron chi connectivity index (χ1n) is 4.20. The molecule has 0 bridgehead atoms. The summed E-state index contributed by atoms with van der Waals surface area (Å²) >= 11 is 0. The van der Waals surface area contributed by atoms with E-state index in [4.69, 9.17) is 0 Å². The van der Waals surface area contributed by atoms with Crippen LogP contribution in [0.5, 0.6) is 0 Å². The van der Waals surface area contributed by atoms with E-state index < -0.39 is 0 Å². The minimum atomic E-state index is -0.329. The van der Waals surface area contributed by atoms with Crippen LogP contribution in [-0.4, -0.2) is 17.3 Å². The van der Waals surface area contributed by atoms with Crippen LogP contribution < -0.4 is 5.32 Å². The summed E-state index contributed by atoms with van der Waals surface area (Å²) in [5.41, 5.74) is 1.05. The van der Waals surface area contributed by atoms with Crippen LogP contribution in [0.1, 0.15) is 13.8 Å². The second kappa shape index (κ2) is 4.12. The Balaban J connectivity index is 2.53. The SMILES string of the molecule is C[C@H](Nc1ccccc1)[C@@H](C)O. The number of aliphatic hydroxyl groups excluding tert-OH is 1. The molecule has 2 N–H and O–H groups in total. The monoisotopic (exact) mass is 165 g/mol. The maximum absolute atomic E-state index is 9.22. The normalized spacial score (nSPS) is 15.2. The number of anilines is 1. The first-order valence-corrected chi connectivity index (χ1v) is 4.20. The minimum Gasteiger partial charge on any atom is -0.391 e. The molecule has 0 saturated carbocycles. The second-order valence-corrected chi connectivity index (χ2v) is 3.04. The lowest BCUT2D eigenvalue weighted by molar-refractivity contribution is 0.178. The molecule has 2 nitrogen and oxygen atoms in total. The Bertz CT molecular complexity index is 221. The topological polar surface area (TPSA) is 32.3 Å². The molecule has 0 saturated heterocycles. The van der Waals surface area contributed by atoms with Crippen molar-refractivity contribution in [1.29, 1.82) is 0 Å². The van der Waals surface area contributed by atoms with E-state index in [1.54, 1.807) is 6.92 Å². The molecule has 2 atom stereocenters. The fraction of sp³-hybridized carbons (Fsp3) is 0.400. The van der Waals surface area contributed by atoms with Crippen LogP contribution in [0.25, 0.3) is 0 Å². The number of hydrogen-bond acceptors (Lipinski definition) is 2. The third kappa shape index (κ3) is 2.55. The van der Waals surface area contributed by atoms with Crippen molar-refractivity contribution in [3.63, 3.8) is 0 Å². The van der Waals surface area contributed by atoms with Crippen LogP contribution in [-0.2, 0) is 0 Å². The second-order valence-electron chi connectivity index (χ2n) is 3.04. The van der Waals surface area contributed by atoms with Gasteiger partial charge in [0.1, 0.15) is 0 Å². The zero-order valence-corrected chi connectivity index (χ0v) is 7.49. The summed E-state index contributed by atoms with van der Waals surface area (Å²) in [4.78, 5) is 0. The van der Waals surface area contributed by atoms with E-state index in [0.29, 0.717) is 0 Å². The molecule has 0 unspecified atom stereocenters. The molecule has 0 aromatic heterocycles. The third-order valence-electron chi connectivity index (χ3n) is 1.89. The summed E-state index contributed by atoms with van der Waals surface area (Å²) in [6, 6.07) is 9.97. The lowest BCUT2D eigenvalue weighted by Gasteiger charge is -2.17. The molecule has 0 aliphatic rings. The van der Waals surface area contributed by atoms with Gasteiger partial charge in [-0.2, -0.15) is 0 Å². The van der Waals surface area contributed by atoms with Crippen molar-refractivity contribution >= 4 is 5.69 Å². The number of hydrogen-bond donors (Lipinski definition) is 2. The average molecular weight is 165 g/mol. The smallest absolute Gasteiger partial charge is 0.0710 e. The van der Waals surface area contributed by atoms with Crippen LogP contribution in [0, 0.1) is 0 Å². The van der Waals surface area contributed by atoms with Gasteiger partial charge in [-0.15, -0.1) is 0 Å². The van der Waals surface area contributed by atoms with Gasteiger partial charge in [0.25, 0.3) is 0 Å². The van der Waals surface area contributed by atoms with E-state index in [0.717, 1.165) is 5.69 Å². The van der Waals surface area contributed by atoms with Crippen molar-refractivity contribution < 1.29 is 5.11 Å². The zero-order valence-electron chi connectivity index (χ0n) is 7.49. The molecule has 1 aromatic rings. The molecule has 0 fully saturated rings. The number of rotatable bonds is 3. The summed E-state index contributed by atoms with van der Waals surface area (Å²) in [5.74, 6) is 0. The molecule has 2 heteroatoms. The molecule has 66 valence electrons. The van der Waals surface area contributed by atoms with E-state index >= 15 is 0 Å². The van der Waals surface area contributed by atoms with Crippen molar-refractivity contribution in [1.82, 2.24) is 0 Å². The Kier molecular flexibility index (Phi) is 3.11. The highest BCUT2D eigenvalue weighted by atomic mass is 16.3. The van der Waals surface area contributed by atoms with E-state index in [2.05, 4.69) is 5.32 Å². The van der Waals surface area contributed by atoms with Gasteiger partial charge < -0.3 is 10.4 Å². The summed E-state index contributed by atoms with van der Waals surface area (Å²) in [7, 11) is 0. The van der Waals surface area contributed by atoms with Gasteiger partial charge >= 0.3 is 0 Å². The predicted molar refractivity (Wildman–Crippen MR) is 51.2 cm³/mol. The fourth-order valence-corrected chi connectivity index (χ4v) is 0.918. The Morgan fingerprint density at radius 3 is 2.25 bits per heavy atom. The van der Waals surface area contributed by atoms with Crippen LogP contribution in [0.2, 0.25) is 0 Å². The lowest BCUT2D eigenvalue weighted by atomic mass is 10.2. The molecule has 0 spiro atoms. The third-order valence-corrected chi connectivity index (χ3v) is 1.89. The van der Waals surface area contributed by atoms with Crippen LogP contribution >= 0.6 is 0 Å². The quantitative estimate of drug-likeness (QED) is 0.716. The van der Waals surface area contributed by atoms with Gasteiger partial charge in [-0.1, -0.05) is 18.2 Å². The molecule has 0 heterocycles. The highest BCUT2D eigenvalue weighted by Crippen LogP contribution is 2.08. The zero-order chi connectivity index (χ0) is 8.97. The lowest BCUT2D eigenvalue weighted by Crippen LogP contribution is -2.27. The van der Waals surface area contributed by atoms with Gasteiger partial charge in [-0.3, -0.25) is 0 Å². The molecule has 0 aliphatic carbocycles. The highest BCUT2D eigenvalue weighted by Gasteiger charge is 2.06. The number of nitrogens with one attached hydrogen (secondary N) is 1. The van der Waals surface area contributed by atoms with Crippen molar-refractivity contribution in [2.24, 2.45) is 0 Å². The first kappa shape index (κ1) is 9.07. The molecular weight excluding hydrogens is 150 g/mol. The molecule has 1 rings (SSSR count). The van der Waals surface area contributed by atoms with Crippen LogP contribution in [0.4, 0.5) is 5.69 Å². The van der Waals surface area contributed by atoms with Crippen molar-refractivity contribution in [3.05, 3.63) is 30.3 Å². The standard InChI is InChI=1S/C10H15NO/c1-8(9(2)12)11-10-6-4-3-5-7-10/h3-9,11-12H,1-2H3/t8-,9+/m0/s1. The first-order chi connectivity index (χ1) is 5.70. The molecule has 1 aromatic carbocycles. The van der Waals surface area contributed by atoms with Gasteiger partial charge in [0.05, 0.1) is 6.10 Å². The van der Waals surface area contributed by atoms with Gasteiger partial charge in [-0.25, -0.2) is 0 Å². The number of aliphatic hydroxyl groups is 1. The summed E-state index contributed by atoms with van der Waals surface area (Å²) in [6.07, 6.45) is -0.329. The van der Waals surface area contributed by atoms with E-state index in [1.165, 1.54) is 0 Å². The van der Waals surface area contributed by atoms with Crippen molar-refractivity contribution in [3.8, 4) is 0 Å². The van der Waals surface area contributed by atoms with Gasteiger partial charge in [0.15, 0.2) is 0 Å². The molecular formula is C10H15NO. The summed E-state index contributed by atoms with van der Waals surface area (Å²) in [5, 5.41) is 12.4. The Labute approximate surface area is 73.2 Å². The minimum absolute atomic E-state index is 0.0902. The van der Waals surface area contributed by atoms with E-state index in [1.807, 2.05) is 37.3 Å². The molecule has 0 aliphatic heterocycles. The van der Waals surface area contributed by atoms with Gasteiger partial charge in [0, 0.05) is 11.7 Å². The number of benzene rings is 1. The van der Waals surface area contributed by atoms with Crippen LogP contribution in [0.15, 0.2) is 30.3 Å². The fourth-order valence-electron chi connectivity index (χ4n) is 0.918. The van der Waals surface area contributed by atoms with Gasteiger partial charge in [0.2, 0.25) is 0 Å². The van der Waals surface area contributed by atoms with Crippen molar-refractivity contribution in [2.45, 2.75) is 26.0 Å². The molecule has 12 heavy (non-hydrogen) atoms. The van der Waals surface area contributed by atoms with E-state index in [-0.39, 0.29) is 12.1 Å². The summed E-state index contributed by atoms with van der Waals surface area (Å²) in [6.45, 7) is 3.73. The van der Waals surface area contributed by atoms with Gasteiger partial charge in [-0.05, 0) is 26.0 Å². The number of para-hydroxylation sites is 1.